The van der Waals surface area contributed by atoms with Crippen LogP contribution in [-0.4, -0.2) is 12.4 Å². The van der Waals surface area contributed by atoms with E-state index in [9.17, 15) is 17.6 Å². The molecule has 0 bridgehead atoms. The molecule has 0 saturated carbocycles. The highest BCUT2D eigenvalue weighted by molar-refractivity contribution is 7.99. The van der Waals surface area contributed by atoms with Gasteiger partial charge in [0.05, 0.1) is 6.61 Å². The molecule has 2 atom stereocenters. The third-order valence-electron chi connectivity index (χ3n) is 4.87. The van der Waals surface area contributed by atoms with Gasteiger partial charge in [-0.15, -0.1) is 0 Å². The molecule has 0 aliphatic carbocycles. The molecular formula is C22H22F4OS. The zero-order chi connectivity index (χ0) is 20.3. The fraction of sp³-hybridized carbons (Fsp3) is 0.364. The van der Waals surface area contributed by atoms with Crippen LogP contribution in [0.2, 0.25) is 0 Å². The Kier molecular flexibility index (Phi) is 6.70. The topological polar surface area (TPSA) is 9.23 Å². The second-order valence-electron chi connectivity index (χ2n) is 6.69. The molecule has 2 aromatic rings. The Morgan fingerprint density at radius 3 is 2.25 bits per heavy atom. The molecule has 0 N–H and O–H groups in total. The molecule has 28 heavy (non-hydrogen) atoms. The van der Waals surface area contributed by atoms with Gasteiger partial charge in [0.25, 0.3) is 0 Å². The summed E-state index contributed by atoms with van der Waals surface area (Å²) >= 11 is 1.59. The van der Waals surface area contributed by atoms with Crippen molar-refractivity contribution in [2.75, 3.05) is 12.4 Å². The van der Waals surface area contributed by atoms with Gasteiger partial charge in [-0.05, 0) is 44.7 Å². The lowest BCUT2D eigenvalue weighted by molar-refractivity contribution is 0.314. The van der Waals surface area contributed by atoms with E-state index in [-0.39, 0.29) is 34.3 Å². The molecule has 2 aromatic carbocycles. The van der Waals surface area contributed by atoms with Gasteiger partial charge in [0.15, 0.2) is 23.2 Å². The van der Waals surface area contributed by atoms with Crippen molar-refractivity contribution in [1.82, 2.24) is 0 Å². The molecule has 0 aromatic heterocycles. The van der Waals surface area contributed by atoms with Gasteiger partial charge in [-0.2, -0.15) is 16.2 Å². The Hall–Kier alpha value is -1.95. The van der Waals surface area contributed by atoms with Gasteiger partial charge < -0.3 is 4.74 Å². The first-order valence-corrected chi connectivity index (χ1v) is 10.4. The van der Waals surface area contributed by atoms with E-state index in [1.54, 1.807) is 18.7 Å². The summed E-state index contributed by atoms with van der Waals surface area (Å²) in [6, 6.07) is 5.23. The molecule has 0 spiro atoms. The van der Waals surface area contributed by atoms with Crippen molar-refractivity contribution in [3.8, 4) is 16.9 Å². The molecular weight excluding hydrogens is 388 g/mol. The van der Waals surface area contributed by atoms with Crippen LogP contribution in [0.25, 0.3) is 11.1 Å². The zero-order valence-corrected chi connectivity index (χ0v) is 16.6. The van der Waals surface area contributed by atoms with Gasteiger partial charge in [0.2, 0.25) is 5.82 Å². The molecule has 0 radical (unpaired) electrons. The maximum Gasteiger partial charge on any atom is 0.201 e. The molecule has 1 saturated heterocycles. The minimum absolute atomic E-state index is 0.146. The van der Waals surface area contributed by atoms with Crippen LogP contribution < -0.4 is 4.74 Å². The Morgan fingerprint density at radius 2 is 1.64 bits per heavy atom. The van der Waals surface area contributed by atoms with E-state index in [1.165, 1.54) is 24.3 Å². The van der Waals surface area contributed by atoms with E-state index < -0.39 is 23.3 Å². The van der Waals surface area contributed by atoms with Crippen molar-refractivity contribution >= 4 is 11.8 Å². The van der Waals surface area contributed by atoms with E-state index in [0.29, 0.717) is 5.92 Å². The van der Waals surface area contributed by atoms with E-state index >= 15 is 0 Å². The highest BCUT2D eigenvalue weighted by Gasteiger charge is 2.27. The summed E-state index contributed by atoms with van der Waals surface area (Å²) in [5.41, 5.74) is -0.348. The first-order chi connectivity index (χ1) is 13.5. The average Bonchev–Trinajstić information content (AvgIpc) is 2.69. The predicted octanol–water partition coefficient (Wildman–Crippen LogP) is 7.07. The third kappa shape index (κ3) is 4.07. The normalized spacial score (nSPS) is 19.9. The predicted molar refractivity (Wildman–Crippen MR) is 106 cm³/mol. The van der Waals surface area contributed by atoms with Crippen LogP contribution in [0.3, 0.4) is 0 Å². The quantitative estimate of drug-likeness (QED) is 0.385. The van der Waals surface area contributed by atoms with Gasteiger partial charge in [0.1, 0.15) is 0 Å². The van der Waals surface area contributed by atoms with E-state index in [4.69, 9.17) is 4.74 Å². The Labute approximate surface area is 166 Å². The molecule has 1 aliphatic heterocycles. The van der Waals surface area contributed by atoms with Gasteiger partial charge in [-0.1, -0.05) is 24.3 Å². The number of ether oxygens (including phenoxy) is 1. The molecule has 0 amide bonds. The standard InChI is InChI=1S/C22H22F4OS/c1-3-5-13-6-11-18(28-12-13)16-8-7-14(19(23)21(16)25)15-9-10-17(27-4-2)22(26)20(15)24/h3,5,7-10,13,18H,4,6,11-12H2,1-2H3/b5-3+/t13?,18-/m0/s1. The molecule has 1 nitrogen and oxygen atoms in total. The maximum absolute atomic E-state index is 14.8. The number of rotatable bonds is 5. The summed E-state index contributed by atoms with van der Waals surface area (Å²) in [6.07, 6.45) is 5.78. The number of hydrogen-bond acceptors (Lipinski definition) is 2. The molecule has 1 aliphatic rings. The van der Waals surface area contributed by atoms with Crippen LogP contribution in [0.4, 0.5) is 17.6 Å². The van der Waals surface area contributed by atoms with Crippen LogP contribution in [-0.2, 0) is 0 Å². The SMILES string of the molecule is C/C=C/C1CC[C@@H](c2ccc(-c3ccc(OCC)c(F)c3F)c(F)c2F)SC1. The second-order valence-corrected chi connectivity index (χ2v) is 7.92. The molecule has 6 heteroatoms. The van der Waals surface area contributed by atoms with E-state index in [0.717, 1.165) is 18.6 Å². The molecule has 1 unspecified atom stereocenters. The smallest absolute Gasteiger partial charge is 0.201 e. The van der Waals surface area contributed by atoms with Crippen molar-refractivity contribution in [3.63, 3.8) is 0 Å². The lowest BCUT2D eigenvalue weighted by atomic mass is 9.96. The van der Waals surface area contributed by atoms with Crippen molar-refractivity contribution in [2.45, 2.75) is 31.9 Å². The van der Waals surface area contributed by atoms with Gasteiger partial charge in [-0.25, -0.2) is 13.2 Å². The third-order valence-corrected chi connectivity index (χ3v) is 6.38. The Balaban J connectivity index is 1.90. The monoisotopic (exact) mass is 410 g/mol. The Bertz CT molecular complexity index is 873. The van der Waals surface area contributed by atoms with Crippen molar-refractivity contribution in [3.05, 3.63) is 65.2 Å². The van der Waals surface area contributed by atoms with Crippen LogP contribution >= 0.6 is 11.8 Å². The molecule has 3 rings (SSSR count). The molecule has 1 fully saturated rings. The van der Waals surface area contributed by atoms with E-state index in [2.05, 4.69) is 6.08 Å². The minimum atomic E-state index is -1.25. The average molecular weight is 410 g/mol. The largest absolute Gasteiger partial charge is 0.491 e. The first kappa shape index (κ1) is 20.8. The van der Waals surface area contributed by atoms with Crippen LogP contribution in [0.15, 0.2) is 36.4 Å². The summed E-state index contributed by atoms with van der Waals surface area (Å²) in [5.74, 6) is -3.57. The number of allylic oxidation sites excluding steroid dienone is 2. The number of benzene rings is 2. The summed E-state index contributed by atoms with van der Waals surface area (Å²) in [6.45, 7) is 3.78. The number of hydrogen-bond donors (Lipinski definition) is 0. The van der Waals surface area contributed by atoms with Crippen LogP contribution in [0, 0.1) is 29.2 Å². The molecule has 1 heterocycles. The van der Waals surface area contributed by atoms with Gasteiger partial charge in [-0.3, -0.25) is 0 Å². The first-order valence-electron chi connectivity index (χ1n) is 9.31. The summed E-state index contributed by atoms with van der Waals surface area (Å²) < 4.78 is 63.0. The van der Waals surface area contributed by atoms with Gasteiger partial charge >= 0.3 is 0 Å². The highest BCUT2D eigenvalue weighted by Crippen LogP contribution is 2.43. The van der Waals surface area contributed by atoms with Crippen LogP contribution in [0.1, 0.15) is 37.5 Å². The maximum atomic E-state index is 14.8. The fourth-order valence-corrected chi connectivity index (χ4v) is 4.89. The van der Waals surface area contributed by atoms with Crippen molar-refractivity contribution in [1.29, 1.82) is 0 Å². The summed E-state index contributed by atoms with van der Waals surface area (Å²) in [5, 5.41) is -0.146. The van der Waals surface area contributed by atoms with E-state index in [1.807, 2.05) is 13.0 Å². The fourth-order valence-electron chi connectivity index (χ4n) is 3.47. The van der Waals surface area contributed by atoms with Crippen molar-refractivity contribution in [2.24, 2.45) is 5.92 Å². The highest BCUT2D eigenvalue weighted by atomic mass is 32.2. The second kappa shape index (κ2) is 9.03. The lowest BCUT2D eigenvalue weighted by Crippen LogP contribution is -2.13. The summed E-state index contributed by atoms with van der Waals surface area (Å²) in [4.78, 5) is 0. The number of thioether (sulfide) groups is 1. The zero-order valence-electron chi connectivity index (χ0n) is 15.8. The summed E-state index contributed by atoms with van der Waals surface area (Å²) in [7, 11) is 0. The lowest BCUT2D eigenvalue weighted by Gasteiger charge is -2.27. The Morgan fingerprint density at radius 1 is 0.964 bits per heavy atom. The number of halogens is 4. The van der Waals surface area contributed by atoms with Crippen molar-refractivity contribution < 1.29 is 22.3 Å². The van der Waals surface area contributed by atoms with Crippen LogP contribution in [0.5, 0.6) is 5.75 Å². The molecule has 150 valence electrons. The van der Waals surface area contributed by atoms with Gasteiger partial charge in [0, 0.05) is 27.7 Å². The minimum Gasteiger partial charge on any atom is -0.491 e.